The van der Waals surface area contributed by atoms with E-state index in [4.69, 9.17) is 9.47 Å². The second-order valence-electron chi connectivity index (χ2n) is 6.74. The average Bonchev–Trinajstić information content (AvgIpc) is 2.68. The van der Waals surface area contributed by atoms with Gasteiger partial charge in [0.15, 0.2) is 0 Å². The number of aliphatic hydroxyl groups is 1. The molecule has 0 unspecified atom stereocenters. The Labute approximate surface area is 155 Å². The average molecular weight is 356 g/mol. The molecule has 1 saturated heterocycles. The van der Waals surface area contributed by atoms with E-state index in [-0.39, 0.29) is 0 Å². The number of aryl methyl sites for hydroxylation is 1. The van der Waals surface area contributed by atoms with Gasteiger partial charge in [0, 0.05) is 32.7 Å². The Kier molecular flexibility index (Phi) is 6.36. The Hall–Kier alpha value is -2.24. The summed E-state index contributed by atoms with van der Waals surface area (Å²) in [6.45, 7) is 6.67. The topological polar surface area (TPSA) is 45.2 Å². The molecule has 3 rings (SSSR count). The number of hydrogen-bond donors (Lipinski definition) is 1. The van der Waals surface area contributed by atoms with Crippen LogP contribution in [0.15, 0.2) is 48.5 Å². The molecule has 0 spiro atoms. The Morgan fingerprint density at radius 1 is 1.00 bits per heavy atom. The van der Waals surface area contributed by atoms with Crippen molar-refractivity contribution in [1.82, 2.24) is 4.90 Å². The first-order valence-corrected chi connectivity index (χ1v) is 9.13. The highest BCUT2D eigenvalue weighted by Crippen LogP contribution is 2.28. The third-order valence-electron chi connectivity index (χ3n) is 4.73. The summed E-state index contributed by atoms with van der Waals surface area (Å²) >= 11 is 0. The standard InChI is InChI=1S/C21H28N2O3/c1-17-7-9-19(10-8-17)26-16-18(24)15-22-11-13-23(14-12-22)20-5-3-4-6-21(20)25-2/h3-10,18,24H,11-16H2,1-2H3/t18-/m1/s1. The van der Waals surface area contributed by atoms with Gasteiger partial charge in [-0.1, -0.05) is 29.8 Å². The van der Waals surface area contributed by atoms with Crippen LogP contribution in [0.3, 0.4) is 0 Å². The second kappa shape index (κ2) is 8.92. The van der Waals surface area contributed by atoms with Crippen molar-refractivity contribution >= 4 is 5.69 Å². The predicted octanol–water partition coefficient (Wildman–Crippen LogP) is 2.57. The maximum absolute atomic E-state index is 10.3. The Bertz CT molecular complexity index is 682. The van der Waals surface area contributed by atoms with Crippen LogP contribution in [0.2, 0.25) is 0 Å². The Morgan fingerprint density at radius 3 is 2.38 bits per heavy atom. The van der Waals surface area contributed by atoms with Crippen LogP contribution in [0.5, 0.6) is 11.5 Å². The highest BCUT2D eigenvalue weighted by molar-refractivity contribution is 5.58. The highest BCUT2D eigenvalue weighted by atomic mass is 16.5. The van der Waals surface area contributed by atoms with Gasteiger partial charge >= 0.3 is 0 Å². The first kappa shape index (κ1) is 18.5. The molecule has 2 aromatic carbocycles. The van der Waals surface area contributed by atoms with E-state index in [9.17, 15) is 5.11 Å². The van der Waals surface area contributed by atoms with E-state index in [1.165, 1.54) is 5.56 Å². The van der Waals surface area contributed by atoms with Crippen LogP contribution in [-0.2, 0) is 0 Å². The lowest BCUT2D eigenvalue weighted by atomic mass is 10.2. The molecule has 1 atom stereocenters. The molecule has 0 aromatic heterocycles. The van der Waals surface area contributed by atoms with E-state index in [1.54, 1.807) is 7.11 Å². The van der Waals surface area contributed by atoms with Gasteiger partial charge in [0.05, 0.1) is 12.8 Å². The van der Waals surface area contributed by atoms with E-state index in [1.807, 2.05) is 49.4 Å². The van der Waals surface area contributed by atoms with Gasteiger partial charge in [0.25, 0.3) is 0 Å². The minimum atomic E-state index is -0.492. The number of piperazine rings is 1. The van der Waals surface area contributed by atoms with Gasteiger partial charge in [-0.05, 0) is 31.2 Å². The molecular formula is C21H28N2O3. The lowest BCUT2D eigenvalue weighted by Gasteiger charge is -2.37. The van der Waals surface area contributed by atoms with Gasteiger partial charge < -0.3 is 19.5 Å². The molecule has 1 N–H and O–H groups in total. The summed E-state index contributed by atoms with van der Waals surface area (Å²) in [5, 5.41) is 10.3. The lowest BCUT2D eigenvalue weighted by Crippen LogP contribution is -2.49. The fourth-order valence-corrected chi connectivity index (χ4v) is 3.24. The summed E-state index contributed by atoms with van der Waals surface area (Å²) in [5.74, 6) is 1.71. The molecule has 5 nitrogen and oxygen atoms in total. The molecule has 1 fully saturated rings. The van der Waals surface area contributed by atoms with Crippen molar-refractivity contribution in [3.05, 3.63) is 54.1 Å². The van der Waals surface area contributed by atoms with E-state index >= 15 is 0 Å². The normalized spacial score (nSPS) is 16.3. The molecule has 0 saturated carbocycles. The number of aliphatic hydroxyl groups excluding tert-OH is 1. The molecule has 140 valence electrons. The van der Waals surface area contributed by atoms with Crippen molar-refractivity contribution in [1.29, 1.82) is 0 Å². The number of nitrogens with zero attached hydrogens (tertiary/aromatic N) is 2. The van der Waals surface area contributed by atoms with Crippen molar-refractivity contribution in [3.8, 4) is 11.5 Å². The van der Waals surface area contributed by atoms with Gasteiger partial charge in [-0.15, -0.1) is 0 Å². The van der Waals surface area contributed by atoms with E-state index < -0.39 is 6.10 Å². The fraction of sp³-hybridized carbons (Fsp3) is 0.429. The van der Waals surface area contributed by atoms with Gasteiger partial charge in [0.2, 0.25) is 0 Å². The molecular weight excluding hydrogens is 328 g/mol. The van der Waals surface area contributed by atoms with Crippen LogP contribution in [-0.4, -0.2) is 62.6 Å². The third-order valence-corrected chi connectivity index (χ3v) is 4.73. The smallest absolute Gasteiger partial charge is 0.142 e. The first-order chi connectivity index (χ1) is 12.7. The number of para-hydroxylation sites is 2. The molecule has 0 radical (unpaired) electrons. The number of hydrogen-bond acceptors (Lipinski definition) is 5. The second-order valence-corrected chi connectivity index (χ2v) is 6.74. The van der Waals surface area contributed by atoms with Crippen molar-refractivity contribution in [3.63, 3.8) is 0 Å². The molecule has 5 heteroatoms. The van der Waals surface area contributed by atoms with E-state index in [0.29, 0.717) is 13.2 Å². The van der Waals surface area contributed by atoms with Crippen LogP contribution in [0.25, 0.3) is 0 Å². The summed E-state index contributed by atoms with van der Waals surface area (Å²) < 4.78 is 11.1. The minimum Gasteiger partial charge on any atom is -0.495 e. The number of anilines is 1. The van der Waals surface area contributed by atoms with Gasteiger partial charge in [-0.25, -0.2) is 0 Å². The van der Waals surface area contributed by atoms with Gasteiger partial charge in [-0.3, -0.25) is 4.90 Å². The molecule has 0 bridgehead atoms. The van der Waals surface area contributed by atoms with Crippen LogP contribution in [0.1, 0.15) is 5.56 Å². The fourth-order valence-electron chi connectivity index (χ4n) is 3.24. The summed E-state index contributed by atoms with van der Waals surface area (Å²) in [5.41, 5.74) is 2.34. The Morgan fingerprint density at radius 2 is 1.69 bits per heavy atom. The van der Waals surface area contributed by atoms with Crippen LogP contribution < -0.4 is 14.4 Å². The first-order valence-electron chi connectivity index (χ1n) is 9.13. The monoisotopic (exact) mass is 356 g/mol. The molecule has 1 aliphatic heterocycles. The van der Waals surface area contributed by atoms with E-state index in [0.717, 1.165) is 43.4 Å². The number of ether oxygens (including phenoxy) is 2. The quantitative estimate of drug-likeness (QED) is 0.826. The molecule has 2 aromatic rings. The molecule has 1 aliphatic rings. The SMILES string of the molecule is COc1ccccc1N1CCN(C[C@@H](O)COc2ccc(C)cc2)CC1. The van der Waals surface area contributed by atoms with E-state index in [2.05, 4.69) is 15.9 Å². The number of benzene rings is 2. The molecule has 0 aliphatic carbocycles. The highest BCUT2D eigenvalue weighted by Gasteiger charge is 2.21. The predicted molar refractivity (Wildman–Crippen MR) is 104 cm³/mol. The summed E-state index contributed by atoms with van der Waals surface area (Å²) in [7, 11) is 1.71. The maximum Gasteiger partial charge on any atom is 0.142 e. The third kappa shape index (κ3) is 4.90. The van der Waals surface area contributed by atoms with Crippen molar-refractivity contribution in [2.24, 2.45) is 0 Å². The summed E-state index contributed by atoms with van der Waals surface area (Å²) in [6, 6.07) is 16.0. The van der Waals surface area contributed by atoms with Crippen LogP contribution in [0, 0.1) is 6.92 Å². The maximum atomic E-state index is 10.3. The molecule has 26 heavy (non-hydrogen) atoms. The number of methoxy groups -OCH3 is 1. The Balaban J connectivity index is 1.44. The van der Waals surface area contributed by atoms with Crippen molar-refractivity contribution < 1.29 is 14.6 Å². The summed E-state index contributed by atoms with van der Waals surface area (Å²) in [4.78, 5) is 4.62. The molecule has 1 heterocycles. The zero-order valence-corrected chi connectivity index (χ0v) is 15.6. The van der Waals surface area contributed by atoms with Gasteiger partial charge in [0.1, 0.15) is 24.2 Å². The largest absolute Gasteiger partial charge is 0.495 e. The zero-order chi connectivity index (χ0) is 18.4. The number of β-amino-alcohol motifs (C(OH)–C–C–N with tert-alkyl or cyclic N) is 1. The summed E-state index contributed by atoms with van der Waals surface area (Å²) in [6.07, 6.45) is -0.492. The lowest BCUT2D eigenvalue weighted by molar-refractivity contribution is 0.0663. The van der Waals surface area contributed by atoms with Crippen LogP contribution >= 0.6 is 0 Å². The van der Waals surface area contributed by atoms with Gasteiger partial charge in [-0.2, -0.15) is 0 Å². The van der Waals surface area contributed by atoms with Crippen LogP contribution in [0.4, 0.5) is 5.69 Å². The number of rotatable bonds is 7. The minimum absolute atomic E-state index is 0.315. The van der Waals surface area contributed by atoms with Crippen molar-refractivity contribution in [2.75, 3.05) is 51.3 Å². The van der Waals surface area contributed by atoms with Crippen molar-refractivity contribution in [2.45, 2.75) is 13.0 Å². The molecule has 0 amide bonds. The zero-order valence-electron chi connectivity index (χ0n) is 15.6.